The molecule has 1 aliphatic heterocycles. The summed E-state index contributed by atoms with van der Waals surface area (Å²) in [5, 5.41) is 6.64. The molecule has 0 spiro atoms. The number of benzene rings is 2. The van der Waals surface area contributed by atoms with Gasteiger partial charge in [0.25, 0.3) is 5.91 Å². The fourth-order valence-electron chi connectivity index (χ4n) is 4.28. The largest absolute Gasteiger partial charge is 0.394 e. The van der Waals surface area contributed by atoms with Gasteiger partial charge in [0.05, 0.1) is 17.8 Å². The van der Waals surface area contributed by atoms with E-state index >= 15 is 0 Å². The lowest BCUT2D eigenvalue weighted by molar-refractivity contribution is -0.127. The van der Waals surface area contributed by atoms with Crippen molar-refractivity contribution in [1.82, 2.24) is 15.1 Å². The fourth-order valence-corrected chi connectivity index (χ4v) is 4.28. The second-order valence-electron chi connectivity index (χ2n) is 8.76. The molecule has 4 rings (SSSR count). The maximum absolute atomic E-state index is 13.2. The summed E-state index contributed by atoms with van der Waals surface area (Å²) in [6, 6.07) is 12.1. The van der Waals surface area contributed by atoms with Crippen LogP contribution in [0.4, 0.5) is 13.2 Å². The summed E-state index contributed by atoms with van der Waals surface area (Å²) in [5.41, 5.74) is 6.39. The number of likely N-dealkylation sites (tertiary alicyclic amines) is 1. The van der Waals surface area contributed by atoms with E-state index in [-0.39, 0.29) is 11.6 Å². The lowest BCUT2D eigenvalue weighted by Crippen LogP contribution is -2.48. The van der Waals surface area contributed by atoms with Gasteiger partial charge in [-0.2, -0.15) is 18.3 Å². The van der Waals surface area contributed by atoms with Gasteiger partial charge in [0.1, 0.15) is 0 Å². The molecule has 1 saturated heterocycles. The van der Waals surface area contributed by atoms with Gasteiger partial charge in [-0.15, -0.1) is 0 Å². The third-order valence-corrected chi connectivity index (χ3v) is 6.27. The quantitative estimate of drug-likeness (QED) is 0.568. The number of nitrogens with zero attached hydrogens (tertiary/aromatic N) is 2. The van der Waals surface area contributed by atoms with Crippen molar-refractivity contribution in [3.05, 3.63) is 75.5 Å². The van der Waals surface area contributed by atoms with Crippen LogP contribution >= 0.6 is 0 Å². The summed E-state index contributed by atoms with van der Waals surface area (Å²) < 4.78 is 38.5. The van der Waals surface area contributed by atoms with Crippen molar-refractivity contribution >= 4 is 5.91 Å². The summed E-state index contributed by atoms with van der Waals surface area (Å²) in [6.07, 6.45) is -5.41. The topological polar surface area (TPSA) is 49.0 Å². The van der Waals surface area contributed by atoms with Crippen LogP contribution in [0.1, 0.15) is 49.8 Å². The van der Waals surface area contributed by atoms with Gasteiger partial charge >= 0.3 is 6.18 Å². The molecule has 1 fully saturated rings. The third-order valence-electron chi connectivity index (χ3n) is 6.27. The molecule has 0 radical (unpaired) electrons. The number of amides is 1. The Bertz CT molecular complexity index is 1160. The highest BCUT2D eigenvalue weighted by molar-refractivity contribution is 5.98. The molecular formula is C25H26F3N3O. The predicted octanol–water partition coefficient (Wildman–Crippen LogP) is 5.65. The first-order chi connectivity index (χ1) is 15.0. The number of aromatic nitrogens is 2. The van der Waals surface area contributed by atoms with E-state index in [0.29, 0.717) is 41.4 Å². The molecule has 4 nitrogen and oxygen atoms in total. The zero-order valence-corrected chi connectivity index (χ0v) is 18.6. The second kappa shape index (κ2) is 8.11. The Morgan fingerprint density at radius 2 is 1.72 bits per heavy atom. The van der Waals surface area contributed by atoms with Crippen molar-refractivity contribution in [2.75, 3.05) is 13.1 Å². The minimum atomic E-state index is -4.33. The number of aryl methyl sites for hydroxylation is 3. The Labute approximate surface area is 185 Å². The number of hydrogen-bond donors (Lipinski definition) is 1. The number of halogens is 3. The van der Waals surface area contributed by atoms with Crippen LogP contribution in [0.5, 0.6) is 0 Å². The maximum atomic E-state index is 13.2. The van der Waals surface area contributed by atoms with Crippen molar-refractivity contribution in [2.24, 2.45) is 0 Å². The highest BCUT2D eigenvalue weighted by atomic mass is 19.4. The minimum Gasteiger partial charge on any atom is -0.337 e. The van der Waals surface area contributed by atoms with Gasteiger partial charge in [-0.25, -0.2) is 0 Å². The summed E-state index contributed by atoms with van der Waals surface area (Å²) in [6.45, 7) is 8.76. The van der Waals surface area contributed by atoms with Crippen molar-refractivity contribution in [3.63, 3.8) is 0 Å². The van der Waals surface area contributed by atoms with Crippen LogP contribution in [0.2, 0.25) is 0 Å². The van der Waals surface area contributed by atoms with E-state index in [4.69, 9.17) is 0 Å². The van der Waals surface area contributed by atoms with Crippen molar-refractivity contribution < 1.29 is 18.0 Å². The number of hydrogen-bond acceptors (Lipinski definition) is 2. The molecule has 0 unspecified atom stereocenters. The number of aromatic amines is 1. The SMILES string of the molecule is Cc1ccc(C2CN(C(=O)c3cc(-c4[nH]nc(CC(F)(F)F)c4C)c(C)cc3C)C2)cc1. The molecule has 1 amide bonds. The highest BCUT2D eigenvalue weighted by Crippen LogP contribution is 2.33. The Hall–Kier alpha value is -3.09. The number of H-pyrrole nitrogens is 1. The van der Waals surface area contributed by atoms with Gasteiger partial charge in [0.2, 0.25) is 0 Å². The van der Waals surface area contributed by atoms with Crippen LogP contribution in [-0.4, -0.2) is 40.3 Å². The Morgan fingerprint density at radius 1 is 1.06 bits per heavy atom. The number of carbonyl (C=O) groups is 1. The van der Waals surface area contributed by atoms with E-state index in [1.54, 1.807) is 13.0 Å². The summed E-state index contributed by atoms with van der Waals surface area (Å²) >= 11 is 0. The first-order valence-corrected chi connectivity index (χ1v) is 10.6. The first-order valence-electron chi connectivity index (χ1n) is 10.6. The van der Waals surface area contributed by atoms with Gasteiger partial charge in [0, 0.05) is 30.1 Å². The smallest absolute Gasteiger partial charge is 0.337 e. The zero-order chi connectivity index (χ0) is 23.2. The van der Waals surface area contributed by atoms with Crippen LogP contribution in [-0.2, 0) is 6.42 Å². The molecule has 1 N–H and O–H groups in total. The lowest BCUT2D eigenvalue weighted by Gasteiger charge is -2.40. The molecule has 0 bridgehead atoms. The lowest BCUT2D eigenvalue weighted by atomic mass is 9.89. The molecule has 1 aliphatic rings. The van der Waals surface area contributed by atoms with Crippen LogP contribution in [0.15, 0.2) is 36.4 Å². The Morgan fingerprint density at radius 3 is 2.34 bits per heavy atom. The molecule has 0 aliphatic carbocycles. The molecule has 0 saturated carbocycles. The first kappa shape index (κ1) is 22.1. The van der Waals surface area contributed by atoms with Gasteiger partial charge < -0.3 is 4.90 Å². The van der Waals surface area contributed by atoms with Crippen molar-refractivity contribution in [2.45, 2.75) is 46.2 Å². The molecular weight excluding hydrogens is 415 g/mol. The minimum absolute atomic E-state index is 0.0240. The molecule has 2 aromatic carbocycles. The summed E-state index contributed by atoms with van der Waals surface area (Å²) in [5.74, 6) is 0.268. The average molecular weight is 441 g/mol. The van der Waals surface area contributed by atoms with E-state index in [9.17, 15) is 18.0 Å². The van der Waals surface area contributed by atoms with E-state index in [1.807, 2.05) is 31.7 Å². The Balaban J connectivity index is 1.57. The molecule has 1 aromatic heterocycles. The van der Waals surface area contributed by atoms with Crippen LogP contribution in [0.3, 0.4) is 0 Å². The van der Waals surface area contributed by atoms with E-state index < -0.39 is 12.6 Å². The van der Waals surface area contributed by atoms with Crippen molar-refractivity contribution in [3.8, 4) is 11.3 Å². The molecule has 3 aromatic rings. The average Bonchev–Trinajstić information content (AvgIpc) is 3.01. The normalized spacial score (nSPS) is 14.5. The molecule has 168 valence electrons. The molecule has 0 atom stereocenters. The summed E-state index contributed by atoms with van der Waals surface area (Å²) in [4.78, 5) is 15.0. The molecule has 32 heavy (non-hydrogen) atoms. The maximum Gasteiger partial charge on any atom is 0.394 e. The third kappa shape index (κ3) is 4.29. The zero-order valence-electron chi connectivity index (χ0n) is 18.6. The molecule has 7 heteroatoms. The van der Waals surface area contributed by atoms with Crippen molar-refractivity contribution in [1.29, 1.82) is 0 Å². The Kier molecular flexibility index (Phi) is 5.61. The molecule has 2 heterocycles. The number of nitrogens with one attached hydrogen (secondary N) is 1. The highest BCUT2D eigenvalue weighted by Gasteiger charge is 2.34. The van der Waals surface area contributed by atoms with Gasteiger partial charge in [0.15, 0.2) is 0 Å². The van der Waals surface area contributed by atoms with E-state index in [0.717, 1.165) is 11.1 Å². The second-order valence-corrected chi connectivity index (χ2v) is 8.76. The van der Waals surface area contributed by atoms with Gasteiger partial charge in [-0.05, 0) is 56.0 Å². The predicted molar refractivity (Wildman–Crippen MR) is 118 cm³/mol. The summed E-state index contributed by atoms with van der Waals surface area (Å²) in [7, 11) is 0. The van der Waals surface area contributed by atoms with Gasteiger partial charge in [-0.3, -0.25) is 9.89 Å². The van der Waals surface area contributed by atoms with Crippen LogP contribution in [0.25, 0.3) is 11.3 Å². The standard InChI is InChI=1S/C25H26F3N3O/c1-14-5-7-18(8-6-14)19-12-31(13-19)24(32)21-10-20(15(2)9-16(21)3)23-17(4)22(29-30-23)11-25(26,27)28/h5-10,19H,11-13H2,1-4H3,(H,29,30). The van der Waals surface area contributed by atoms with Crippen LogP contribution in [0, 0.1) is 27.7 Å². The van der Waals surface area contributed by atoms with Crippen LogP contribution < -0.4 is 0 Å². The number of carbonyl (C=O) groups excluding carboxylic acids is 1. The van der Waals surface area contributed by atoms with E-state index in [1.165, 1.54) is 11.1 Å². The number of rotatable bonds is 4. The number of alkyl halides is 3. The van der Waals surface area contributed by atoms with E-state index in [2.05, 4.69) is 34.5 Å². The fraction of sp³-hybridized carbons (Fsp3) is 0.360. The van der Waals surface area contributed by atoms with Gasteiger partial charge in [-0.1, -0.05) is 35.9 Å². The monoisotopic (exact) mass is 441 g/mol.